The molecule has 0 aliphatic heterocycles. The van der Waals surface area contributed by atoms with Gasteiger partial charge < -0.3 is 24.8 Å². The minimum atomic E-state index is 0. The van der Waals surface area contributed by atoms with Gasteiger partial charge in [-0.2, -0.15) is 0 Å². The van der Waals surface area contributed by atoms with E-state index in [4.69, 9.17) is 0 Å². The van der Waals surface area contributed by atoms with E-state index in [0.717, 1.165) is 6.42 Å². The maximum Gasteiger partial charge on any atom is 3.00 e. The summed E-state index contributed by atoms with van der Waals surface area (Å²) in [6.07, 6.45) is 1.07. The molecule has 3 heteroatoms. The number of aryl methyl sites for hydroxylation is 1. The molecule has 0 fully saturated rings. The third-order valence-corrected chi connectivity index (χ3v) is 2.83. The van der Waals surface area contributed by atoms with Gasteiger partial charge in [0.2, 0.25) is 0 Å². The van der Waals surface area contributed by atoms with Crippen LogP contribution in [0.5, 0.6) is 0 Å². The molecule has 17 heavy (non-hydrogen) atoms. The molecule has 1 radical (unpaired) electrons. The molecule has 0 saturated carbocycles. The van der Waals surface area contributed by atoms with Crippen molar-refractivity contribution in [2.24, 2.45) is 0 Å². The smallest absolute Gasteiger partial charge is 1.00 e. The number of hydrogen-bond acceptors (Lipinski definition) is 0. The number of halogens is 2. The van der Waals surface area contributed by atoms with E-state index in [1.165, 1.54) is 27.8 Å². The molecular weight excluding hydrogens is 330 g/mol. The van der Waals surface area contributed by atoms with Crippen LogP contribution in [0.15, 0.2) is 36.4 Å². The Hall–Kier alpha value is -0.0969. The second-order valence-corrected chi connectivity index (χ2v) is 3.91. The average molecular weight is 341 g/mol. The van der Waals surface area contributed by atoms with E-state index in [0.29, 0.717) is 0 Å². The van der Waals surface area contributed by atoms with Crippen LogP contribution in [0.2, 0.25) is 0 Å². The molecule has 0 saturated heterocycles. The quantitative estimate of drug-likeness (QED) is 0.393. The first-order valence-corrected chi connectivity index (χ1v) is 4.94. The van der Waals surface area contributed by atoms with Crippen molar-refractivity contribution < 1.29 is 51.0 Å². The Kier molecular flexibility index (Phi) is 6.70. The zero-order valence-corrected chi connectivity index (χ0v) is 13.4. The maximum absolute atomic E-state index is 3.37. The van der Waals surface area contributed by atoms with E-state index in [2.05, 4.69) is 49.4 Å². The normalized spacial score (nSPS) is 10.2. The van der Waals surface area contributed by atoms with Gasteiger partial charge in [0.05, 0.1) is 0 Å². The van der Waals surface area contributed by atoms with Gasteiger partial charge in [0.25, 0.3) is 0 Å². The standard InChI is InChI=1S/C14H11.2ClH.Zr/c1-10-6-7-14-12(8-10)9-11-4-2-3-5-13(11)14;;;/h2-6,8H,9H2,1H3;2*1H;/q-1;;;+3/p-2. The van der Waals surface area contributed by atoms with Gasteiger partial charge in [0.15, 0.2) is 0 Å². The predicted octanol–water partition coefficient (Wildman–Crippen LogP) is -2.63. The predicted molar refractivity (Wildman–Crippen MR) is 58.3 cm³/mol. The first-order chi connectivity index (χ1) is 6.84. The summed E-state index contributed by atoms with van der Waals surface area (Å²) in [5, 5.41) is 0. The van der Waals surface area contributed by atoms with Crippen LogP contribution in [-0.4, -0.2) is 0 Å². The van der Waals surface area contributed by atoms with E-state index < -0.39 is 0 Å². The molecule has 3 rings (SSSR count). The van der Waals surface area contributed by atoms with Gasteiger partial charge in [0, 0.05) is 0 Å². The molecule has 0 N–H and O–H groups in total. The molecule has 0 nitrogen and oxygen atoms in total. The van der Waals surface area contributed by atoms with E-state index in [-0.39, 0.29) is 51.0 Å². The summed E-state index contributed by atoms with van der Waals surface area (Å²) in [4.78, 5) is 0. The molecule has 0 aromatic heterocycles. The van der Waals surface area contributed by atoms with Crippen molar-refractivity contribution in [3.8, 4) is 11.1 Å². The first kappa shape index (κ1) is 16.9. The molecule has 2 aromatic rings. The van der Waals surface area contributed by atoms with Crippen LogP contribution in [0.4, 0.5) is 0 Å². The van der Waals surface area contributed by atoms with Gasteiger partial charge in [-0.05, 0) is 6.42 Å². The van der Waals surface area contributed by atoms with E-state index in [1.54, 1.807) is 0 Å². The van der Waals surface area contributed by atoms with Crippen molar-refractivity contribution in [2.75, 3.05) is 0 Å². The molecule has 0 amide bonds. The Bertz CT molecular complexity index is 509. The Morgan fingerprint density at radius 2 is 1.76 bits per heavy atom. The SMILES string of the molecule is Cc1c[c-]c2c(c1)Cc1ccccc1-2.[Cl-].[Cl-].[Zr+3]. The van der Waals surface area contributed by atoms with Crippen LogP contribution in [0, 0.1) is 13.0 Å². The molecular formula is C14H11Cl2Zr. The van der Waals surface area contributed by atoms with Crippen LogP contribution < -0.4 is 24.8 Å². The van der Waals surface area contributed by atoms with Crippen molar-refractivity contribution in [1.29, 1.82) is 0 Å². The molecule has 1 aliphatic carbocycles. The van der Waals surface area contributed by atoms with Crippen molar-refractivity contribution in [2.45, 2.75) is 13.3 Å². The van der Waals surface area contributed by atoms with Crippen molar-refractivity contribution in [3.05, 3.63) is 59.2 Å². The van der Waals surface area contributed by atoms with Crippen LogP contribution in [0.25, 0.3) is 11.1 Å². The summed E-state index contributed by atoms with van der Waals surface area (Å²) in [5.41, 5.74) is 6.82. The topological polar surface area (TPSA) is 0 Å². The Morgan fingerprint density at radius 1 is 1.06 bits per heavy atom. The Balaban J connectivity index is 0.000000853. The summed E-state index contributed by atoms with van der Waals surface area (Å²) in [6.45, 7) is 2.12. The molecule has 1 aliphatic rings. The molecule has 0 bridgehead atoms. The average Bonchev–Trinajstić information content (AvgIpc) is 2.54. The van der Waals surface area contributed by atoms with Crippen molar-refractivity contribution in [3.63, 3.8) is 0 Å². The third kappa shape index (κ3) is 3.02. The maximum atomic E-state index is 3.37. The zero-order valence-electron chi connectivity index (χ0n) is 9.43. The molecule has 2 aromatic carbocycles. The molecule has 0 spiro atoms. The second-order valence-electron chi connectivity index (χ2n) is 3.91. The van der Waals surface area contributed by atoms with Gasteiger partial charge in [-0.3, -0.25) is 0 Å². The fourth-order valence-electron chi connectivity index (χ4n) is 2.18. The van der Waals surface area contributed by atoms with Gasteiger partial charge in [0.1, 0.15) is 0 Å². The number of hydrogen-bond donors (Lipinski definition) is 0. The number of fused-ring (bicyclic) bond motifs is 3. The van der Waals surface area contributed by atoms with Crippen LogP contribution >= 0.6 is 0 Å². The molecule has 85 valence electrons. The summed E-state index contributed by atoms with van der Waals surface area (Å²) in [5.74, 6) is 0. The minimum absolute atomic E-state index is 0. The van der Waals surface area contributed by atoms with E-state index >= 15 is 0 Å². The largest absolute Gasteiger partial charge is 3.00 e. The fourth-order valence-corrected chi connectivity index (χ4v) is 2.18. The first-order valence-electron chi connectivity index (χ1n) is 4.94. The summed E-state index contributed by atoms with van der Waals surface area (Å²) in [7, 11) is 0. The monoisotopic (exact) mass is 339 g/mol. The molecule has 0 unspecified atom stereocenters. The summed E-state index contributed by atoms with van der Waals surface area (Å²) < 4.78 is 0. The van der Waals surface area contributed by atoms with Crippen molar-refractivity contribution in [1.82, 2.24) is 0 Å². The second kappa shape index (κ2) is 6.73. The fraction of sp³-hybridized carbons (Fsp3) is 0.143. The minimum Gasteiger partial charge on any atom is -1.00 e. The Morgan fingerprint density at radius 3 is 2.53 bits per heavy atom. The van der Waals surface area contributed by atoms with Crippen LogP contribution in [0.3, 0.4) is 0 Å². The molecule has 0 atom stereocenters. The van der Waals surface area contributed by atoms with Crippen molar-refractivity contribution >= 4 is 0 Å². The van der Waals surface area contributed by atoms with Gasteiger partial charge in [-0.1, -0.05) is 42.3 Å². The summed E-state index contributed by atoms with van der Waals surface area (Å²) >= 11 is 0. The van der Waals surface area contributed by atoms with Gasteiger partial charge in [-0.15, -0.1) is 34.9 Å². The van der Waals surface area contributed by atoms with Crippen LogP contribution in [0.1, 0.15) is 16.7 Å². The molecule has 0 heterocycles. The number of rotatable bonds is 0. The van der Waals surface area contributed by atoms with E-state index in [9.17, 15) is 0 Å². The van der Waals surface area contributed by atoms with Crippen LogP contribution in [-0.2, 0) is 32.6 Å². The Labute approximate surface area is 134 Å². The zero-order chi connectivity index (χ0) is 9.54. The van der Waals surface area contributed by atoms with Gasteiger partial charge >= 0.3 is 26.2 Å². The van der Waals surface area contributed by atoms with Gasteiger partial charge in [-0.25, -0.2) is 0 Å². The number of benzene rings is 2. The van der Waals surface area contributed by atoms with E-state index in [1.807, 2.05) is 0 Å². The summed E-state index contributed by atoms with van der Waals surface area (Å²) in [6, 6.07) is 16.3. The third-order valence-electron chi connectivity index (χ3n) is 2.83.